The van der Waals surface area contributed by atoms with E-state index in [2.05, 4.69) is 11.9 Å². The first-order chi connectivity index (χ1) is 16.7. The number of hydrogen-bond donors (Lipinski definition) is 2. The first-order valence-corrected chi connectivity index (χ1v) is 14.8. The van der Waals surface area contributed by atoms with Gasteiger partial charge in [-0.3, -0.25) is 9.59 Å². The van der Waals surface area contributed by atoms with Crippen molar-refractivity contribution in [1.82, 2.24) is 4.98 Å². The number of hydrogen-bond acceptors (Lipinski definition) is 9. The van der Waals surface area contributed by atoms with E-state index in [9.17, 15) is 19.8 Å². The van der Waals surface area contributed by atoms with Gasteiger partial charge >= 0.3 is 5.97 Å². The monoisotopic (exact) mass is 539 g/mol. The van der Waals surface area contributed by atoms with Gasteiger partial charge in [0.1, 0.15) is 21.8 Å². The number of aliphatic hydroxyl groups excluding tert-OH is 1. The molecule has 2 saturated heterocycles. The van der Waals surface area contributed by atoms with Crippen LogP contribution in [0.5, 0.6) is 0 Å². The number of rotatable bonds is 3. The highest BCUT2D eigenvalue weighted by Gasteiger charge is 2.66. The normalized spacial score (nSPS) is 36.8. The topological polar surface area (TPSA) is 109 Å². The van der Waals surface area contributed by atoms with Crippen molar-refractivity contribution in [3.05, 3.63) is 16.6 Å². The Morgan fingerprint density at radius 1 is 1.28 bits per heavy atom. The highest BCUT2D eigenvalue weighted by Crippen LogP contribution is 2.53. The van der Waals surface area contributed by atoms with Crippen LogP contribution in [0.1, 0.15) is 85.8 Å². The third-order valence-electron chi connectivity index (χ3n) is 7.86. The summed E-state index contributed by atoms with van der Waals surface area (Å²) in [6.07, 6.45) is 4.79. The first-order valence-electron chi connectivity index (χ1n) is 12.7. The molecule has 1 aromatic heterocycles. The van der Waals surface area contributed by atoms with Crippen LogP contribution in [0.15, 0.2) is 15.3 Å². The van der Waals surface area contributed by atoms with Gasteiger partial charge in [-0.15, -0.1) is 11.3 Å². The quantitative estimate of drug-likeness (QED) is 0.305. The Hall–Kier alpha value is -1.26. The van der Waals surface area contributed by atoms with Gasteiger partial charge in [-0.2, -0.15) is 0 Å². The Kier molecular flexibility index (Phi) is 9.14. The Bertz CT molecular complexity index is 991. The summed E-state index contributed by atoms with van der Waals surface area (Å²) in [4.78, 5) is 30.7. The van der Waals surface area contributed by atoms with E-state index in [-0.39, 0.29) is 24.5 Å². The van der Waals surface area contributed by atoms with E-state index < -0.39 is 35.0 Å². The van der Waals surface area contributed by atoms with Crippen LogP contribution in [0.2, 0.25) is 0 Å². The van der Waals surface area contributed by atoms with Crippen LogP contribution < -0.4 is 0 Å². The SMILES string of the molecule is CSc1nc(C=C(C)[C@@H]2C[C@]3(O)O[C@]3(C)CCC[C@H](C)C[C@@H](C)C(=O)C(C)(C)[C@@H](O)CC(=O)O2)cs1. The number of thioether (sulfide) groups is 1. The number of cyclic esters (lactones) is 1. The molecule has 1 aromatic rings. The Balaban J connectivity index is 1.88. The van der Waals surface area contributed by atoms with Gasteiger partial charge < -0.3 is 19.7 Å². The molecule has 0 bridgehead atoms. The fourth-order valence-electron chi connectivity index (χ4n) is 5.19. The lowest BCUT2D eigenvalue weighted by atomic mass is 9.74. The molecule has 2 N–H and O–H groups in total. The molecule has 7 nitrogen and oxygen atoms in total. The molecule has 2 aliphatic heterocycles. The summed E-state index contributed by atoms with van der Waals surface area (Å²) in [6, 6.07) is 0. The number of carbonyl (C=O) groups is 2. The van der Waals surface area contributed by atoms with E-state index in [1.807, 2.05) is 38.5 Å². The predicted octanol–water partition coefficient (Wildman–Crippen LogP) is 5.24. The van der Waals surface area contributed by atoms with Crippen LogP contribution in [-0.4, -0.2) is 56.8 Å². The number of esters is 1. The minimum absolute atomic E-state index is 0.0469. The second kappa shape index (κ2) is 11.2. The summed E-state index contributed by atoms with van der Waals surface area (Å²) in [5.41, 5.74) is -0.322. The molecule has 36 heavy (non-hydrogen) atoms. The van der Waals surface area contributed by atoms with Crippen LogP contribution >= 0.6 is 23.1 Å². The number of nitrogens with zero attached hydrogens (tertiary/aromatic N) is 1. The van der Waals surface area contributed by atoms with Crippen LogP contribution in [0.3, 0.4) is 0 Å². The van der Waals surface area contributed by atoms with Crippen molar-refractivity contribution >= 4 is 40.9 Å². The molecule has 3 heterocycles. The highest BCUT2D eigenvalue weighted by atomic mass is 32.2. The van der Waals surface area contributed by atoms with Crippen molar-refractivity contribution in [2.24, 2.45) is 17.3 Å². The standard InChI is InChI=1S/C27H41NO6S2/c1-16-9-8-10-26(6)27(32,34-26)14-20(17(2)12-19-15-36-24(28-19)35-7)33-22(30)13-21(29)25(4,5)23(31)18(3)11-16/h12,15-16,18,20-21,29,32H,8-11,13-14H2,1-7H3/t16-,18+,20-,21-,26+,27-/m0/s1. The average Bonchev–Trinajstić information content (AvgIpc) is 3.09. The zero-order chi connectivity index (χ0) is 26.9. The number of epoxide rings is 1. The fourth-order valence-corrected chi connectivity index (χ4v) is 6.41. The van der Waals surface area contributed by atoms with E-state index >= 15 is 0 Å². The third kappa shape index (κ3) is 6.59. The summed E-state index contributed by atoms with van der Waals surface area (Å²) >= 11 is 3.09. The highest BCUT2D eigenvalue weighted by molar-refractivity contribution is 8.00. The van der Waals surface area contributed by atoms with Crippen LogP contribution in [0.4, 0.5) is 0 Å². The van der Waals surface area contributed by atoms with Gasteiger partial charge in [-0.25, -0.2) is 4.98 Å². The number of aliphatic hydroxyl groups is 2. The minimum Gasteiger partial charge on any atom is -0.458 e. The molecule has 0 saturated carbocycles. The maximum Gasteiger partial charge on any atom is 0.309 e. The number of ketones is 1. The van der Waals surface area contributed by atoms with Crippen molar-refractivity contribution in [2.45, 2.75) is 108 Å². The molecule has 0 aliphatic carbocycles. The summed E-state index contributed by atoms with van der Waals surface area (Å²) in [7, 11) is 0. The summed E-state index contributed by atoms with van der Waals surface area (Å²) in [5, 5.41) is 24.1. The second-order valence-corrected chi connectivity index (χ2v) is 13.3. The van der Waals surface area contributed by atoms with Gasteiger partial charge in [-0.05, 0) is 50.5 Å². The molecule has 2 aliphatic rings. The largest absolute Gasteiger partial charge is 0.458 e. The Labute approximate surface area is 223 Å². The van der Waals surface area contributed by atoms with Crippen LogP contribution in [0, 0.1) is 17.3 Å². The van der Waals surface area contributed by atoms with Crippen LogP contribution in [-0.2, 0) is 19.1 Å². The van der Waals surface area contributed by atoms with Crippen LogP contribution in [0.25, 0.3) is 6.08 Å². The molecule has 2 fully saturated rings. The zero-order valence-electron chi connectivity index (χ0n) is 22.5. The van der Waals surface area contributed by atoms with Gasteiger partial charge in [-0.1, -0.05) is 52.3 Å². The van der Waals surface area contributed by atoms with E-state index in [1.165, 1.54) is 11.3 Å². The molecule has 9 heteroatoms. The number of Topliss-reactive ketones (excluding diaryl/α,β-unsaturated/α-hetero) is 1. The van der Waals surface area contributed by atoms with Gasteiger partial charge in [0.05, 0.1) is 23.6 Å². The van der Waals surface area contributed by atoms with Crippen molar-refractivity contribution in [3.63, 3.8) is 0 Å². The van der Waals surface area contributed by atoms with Gasteiger partial charge in [0.2, 0.25) is 0 Å². The van der Waals surface area contributed by atoms with Gasteiger partial charge in [0, 0.05) is 17.7 Å². The van der Waals surface area contributed by atoms with Crippen molar-refractivity contribution < 1.29 is 29.3 Å². The summed E-state index contributed by atoms with van der Waals surface area (Å²) < 4.78 is 12.6. The fraction of sp³-hybridized carbons (Fsp3) is 0.741. The molecule has 0 aromatic carbocycles. The molecule has 0 unspecified atom stereocenters. The average molecular weight is 540 g/mol. The summed E-state index contributed by atoms with van der Waals surface area (Å²) in [5.74, 6) is -1.99. The molecule has 0 amide bonds. The van der Waals surface area contributed by atoms with E-state index in [1.54, 1.807) is 25.6 Å². The lowest BCUT2D eigenvalue weighted by Crippen LogP contribution is -2.42. The van der Waals surface area contributed by atoms with E-state index in [0.29, 0.717) is 18.8 Å². The number of thiazole rings is 1. The third-order valence-corrected chi connectivity index (χ3v) is 9.74. The zero-order valence-corrected chi connectivity index (χ0v) is 24.1. The Morgan fingerprint density at radius 3 is 2.61 bits per heavy atom. The Morgan fingerprint density at radius 2 is 1.97 bits per heavy atom. The number of aromatic nitrogens is 1. The maximum atomic E-state index is 13.2. The molecule has 0 spiro atoms. The maximum absolute atomic E-state index is 13.2. The minimum atomic E-state index is -1.40. The molecule has 6 atom stereocenters. The molecule has 202 valence electrons. The number of carbonyl (C=O) groups excluding carboxylic acids is 2. The van der Waals surface area contributed by atoms with Crippen molar-refractivity contribution in [2.75, 3.05) is 6.26 Å². The van der Waals surface area contributed by atoms with Crippen molar-refractivity contribution in [1.29, 1.82) is 0 Å². The number of fused-ring (bicyclic) bond motifs is 1. The molecule has 3 rings (SSSR count). The van der Waals surface area contributed by atoms with E-state index in [0.717, 1.165) is 28.4 Å². The van der Waals surface area contributed by atoms with E-state index in [4.69, 9.17) is 9.47 Å². The van der Waals surface area contributed by atoms with Gasteiger partial charge in [0.25, 0.3) is 0 Å². The van der Waals surface area contributed by atoms with Crippen molar-refractivity contribution in [3.8, 4) is 0 Å². The molecular weight excluding hydrogens is 498 g/mol. The smallest absolute Gasteiger partial charge is 0.309 e. The lowest BCUT2D eigenvalue weighted by Gasteiger charge is -2.32. The first kappa shape index (κ1) is 29.3. The molecule has 0 radical (unpaired) electrons. The lowest BCUT2D eigenvalue weighted by molar-refractivity contribution is -0.155. The predicted molar refractivity (Wildman–Crippen MR) is 143 cm³/mol. The summed E-state index contributed by atoms with van der Waals surface area (Å²) in [6.45, 7) is 11.1. The number of ether oxygens (including phenoxy) is 2. The van der Waals surface area contributed by atoms with Gasteiger partial charge in [0.15, 0.2) is 5.79 Å². The molecular formula is C27H41NO6S2. The second-order valence-electron chi connectivity index (χ2n) is 11.4.